The number of hydrogen-bond donors (Lipinski definition) is 0. The molecular weight excluding hydrogens is 405 g/mol. The van der Waals surface area contributed by atoms with Crippen molar-refractivity contribution in [3.8, 4) is 0 Å². The molecule has 0 aliphatic carbocycles. The van der Waals surface area contributed by atoms with E-state index in [9.17, 15) is 9.18 Å². The second-order valence-corrected chi connectivity index (χ2v) is 8.30. The van der Waals surface area contributed by atoms with Crippen LogP contribution < -0.4 is 0 Å². The number of nitrogens with zero attached hydrogens (tertiary/aromatic N) is 5. The topological polar surface area (TPSA) is 62.2 Å². The Bertz CT molecular complexity index is 1050. The van der Waals surface area contributed by atoms with Gasteiger partial charge in [0, 0.05) is 44.9 Å². The molecule has 0 radical (unpaired) electrons. The van der Waals surface area contributed by atoms with Crippen LogP contribution in [0.15, 0.2) is 61.1 Å². The summed E-state index contributed by atoms with van der Waals surface area (Å²) in [4.78, 5) is 30.5. The fourth-order valence-electron chi connectivity index (χ4n) is 4.18. The second-order valence-electron chi connectivity index (χ2n) is 8.30. The maximum absolute atomic E-state index is 13.5. The van der Waals surface area contributed by atoms with Crippen LogP contribution in [-0.2, 0) is 17.8 Å². The first-order chi connectivity index (χ1) is 15.6. The molecule has 1 aliphatic rings. The number of carbonyl (C=O) groups is 1. The molecule has 1 aliphatic heterocycles. The average molecular weight is 434 g/mol. The molecule has 1 fully saturated rings. The molecule has 1 unspecified atom stereocenters. The third kappa shape index (κ3) is 5.73. The van der Waals surface area contributed by atoms with Crippen molar-refractivity contribution in [3.05, 3.63) is 89.5 Å². The van der Waals surface area contributed by atoms with Gasteiger partial charge in [-0.3, -0.25) is 19.7 Å². The summed E-state index contributed by atoms with van der Waals surface area (Å²) in [7, 11) is 2.00. The summed E-state index contributed by atoms with van der Waals surface area (Å²) < 4.78 is 13.5. The van der Waals surface area contributed by atoms with Crippen LogP contribution in [0.25, 0.3) is 0 Å². The van der Waals surface area contributed by atoms with Crippen molar-refractivity contribution in [2.45, 2.75) is 38.3 Å². The van der Waals surface area contributed by atoms with Gasteiger partial charge in [-0.15, -0.1) is 0 Å². The Hall–Kier alpha value is -3.19. The van der Waals surface area contributed by atoms with E-state index < -0.39 is 0 Å². The zero-order valence-corrected chi connectivity index (χ0v) is 18.3. The van der Waals surface area contributed by atoms with Gasteiger partial charge >= 0.3 is 0 Å². The highest BCUT2D eigenvalue weighted by Gasteiger charge is 2.31. The number of carbonyl (C=O) groups excluding carboxylic acids is 1. The van der Waals surface area contributed by atoms with Crippen molar-refractivity contribution < 1.29 is 9.18 Å². The minimum absolute atomic E-state index is 0.0523. The molecule has 1 aromatic carbocycles. The number of likely N-dealkylation sites (tertiary alicyclic amines) is 1. The van der Waals surface area contributed by atoms with E-state index in [2.05, 4.69) is 14.9 Å². The van der Waals surface area contributed by atoms with Gasteiger partial charge in [-0.2, -0.15) is 0 Å². The molecule has 0 N–H and O–H groups in total. The number of aromatic nitrogens is 3. The number of pyridine rings is 1. The third-order valence-electron chi connectivity index (χ3n) is 5.76. The Balaban J connectivity index is 1.37. The zero-order valence-electron chi connectivity index (χ0n) is 18.3. The number of halogens is 1. The lowest BCUT2D eigenvalue weighted by molar-refractivity contribution is -0.132. The summed E-state index contributed by atoms with van der Waals surface area (Å²) in [5.41, 5.74) is 3.44. The highest BCUT2D eigenvalue weighted by atomic mass is 19.1. The van der Waals surface area contributed by atoms with Crippen LogP contribution in [0.5, 0.6) is 0 Å². The van der Waals surface area contributed by atoms with E-state index in [0.29, 0.717) is 25.9 Å². The van der Waals surface area contributed by atoms with Gasteiger partial charge in [-0.05, 0) is 49.7 Å². The minimum atomic E-state index is -0.257. The Labute approximate surface area is 188 Å². The van der Waals surface area contributed by atoms with Crippen LogP contribution in [-0.4, -0.2) is 50.8 Å². The quantitative estimate of drug-likeness (QED) is 0.541. The lowest BCUT2D eigenvalue weighted by atomic mass is 10.1. The van der Waals surface area contributed by atoms with Crippen LogP contribution in [0.3, 0.4) is 0 Å². The molecule has 0 saturated carbocycles. The normalized spacial score (nSPS) is 16.0. The lowest BCUT2D eigenvalue weighted by Crippen LogP contribution is -2.33. The molecule has 6 nitrogen and oxygen atoms in total. The van der Waals surface area contributed by atoms with Crippen molar-refractivity contribution >= 4 is 5.91 Å². The number of benzene rings is 1. The van der Waals surface area contributed by atoms with Crippen molar-refractivity contribution in [2.24, 2.45) is 0 Å². The van der Waals surface area contributed by atoms with Gasteiger partial charge in [0.2, 0.25) is 5.91 Å². The average Bonchev–Trinajstić information content (AvgIpc) is 3.29. The van der Waals surface area contributed by atoms with Crippen LogP contribution in [0, 0.1) is 5.82 Å². The van der Waals surface area contributed by atoms with Crippen molar-refractivity contribution in [3.63, 3.8) is 0 Å². The molecule has 32 heavy (non-hydrogen) atoms. The van der Waals surface area contributed by atoms with Crippen LogP contribution in [0.4, 0.5) is 4.39 Å². The first kappa shape index (κ1) is 22.0. The van der Waals surface area contributed by atoms with Gasteiger partial charge in [-0.1, -0.05) is 18.2 Å². The van der Waals surface area contributed by atoms with Crippen molar-refractivity contribution in [2.75, 3.05) is 20.1 Å². The molecule has 0 spiro atoms. The summed E-state index contributed by atoms with van der Waals surface area (Å²) in [5.74, 6) is -0.120. The highest BCUT2D eigenvalue weighted by molar-refractivity contribution is 5.77. The largest absolute Gasteiger partial charge is 0.334 e. The molecule has 3 heterocycles. The van der Waals surface area contributed by atoms with Crippen molar-refractivity contribution in [1.82, 2.24) is 24.8 Å². The fourth-order valence-corrected chi connectivity index (χ4v) is 4.18. The van der Waals surface area contributed by atoms with E-state index >= 15 is 0 Å². The molecule has 1 amide bonds. The number of amides is 1. The molecule has 2 aromatic heterocycles. The molecule has 7 heteroatoms. The SMILES string of the molecule is CN(CCC(=O)N1CCCC1c1cncc(Cc2cccc(F)c2)n1)Cc1ccccn1. The third-order valence-corrected chi connectivity index (χ3v) is 5.76. The molecule has 1 atom stereocenters. The maximum Gasteiger partial charge on any atom is 0.224 e. The van der Waals surface area contributed by atoms with Gasteiger partial charge in [-0.25, -0.2) is 4.39 Å². The van der Waals surface area contributed by atoms with Crippen LogP contribution >= 0.6 is 0 Å². The predicted octanol–water partition coefficient (Wildman–Crippen LogP) is 3.79. The predicted molar refractivity (Wildman–Crippen MR) is 120 cm³/mol. The molecular formula is C25H28FN5O. The molecule has 3 aromatic rings. The molecule has 1 saturated heterocycles. The van der Waals surface area contributed by atoms with Gasteiger partial charge in [0.15, 0.2) is 0 Å². The Kier molecular flexibility index (Phi) is 7.17. The van der Waals surface area contributed by atoms with E-state index in [-0.39, 0.29) is 17.8 Å². The first-order valence-corrected chi connectivity index (χ1v) is 11.0. The van der Waals surface area contributed by atoms with Crippen LogP contribution in [0.1, 0.15) is 47.9 Å². The monoisotopic (exact) mass is 433 g/mol. The summed E-state index contributed by atoms with van der Waals surface area (Å²) in [6.45, 7) is 2.12. The van der Waals surface area contributed by atoms with E-state index in [1.807, 2.05) is 36.2 Å². The van der Waals surface area contributed by atoms with Crippen LogP contribution in [0.2, 0.25) is 0 Å². The molecule has 0 bridgehead atoms. The highest BCUT2D eigenvalue weighted by Crippen LogP contribution is 2.31. The summed E-state index contributed by atoms with van der Waals surface area (Å²) >= 11 is 0. The smallest absolute Gasteiger partial charge is 0.224 e. The van der Waals surface area contributed by atoms with E-state index in [1.165, 1.54) is 12.1 Å². The standard InChI is InChI=1S/C25H28FN5O/c1-30(18-21-8-2-3-11-28-21)13-10-25(32)31-12-5-9-24(31)23-17-27-16-22(29-23)15-19-6-4-7-20(26)14-19/h2-4,6-8,11,14,16-17,24H,5,9-10,12-13,15,18H2,1H3. The lowest BCUT2D eigenvalue weighted by Gasteiger charge is -2.25. The van der Waals surface area contributed by atoms with Gasteiger partial charge in [0.05, 0.1) is 29.3 Å². The number of hydrogen-bond acceptors (Lipinski definition) is 5. The van der Waals surface area contributed by atoms with Crippen molar-refractivity contribution in [1.29, 1.82) is 0 Å². The van der Waals surface area contributed by atoms with E-state index in [0.717, 1.165) is 42.0 Å². The fraction of sp³-hybridized carbons (Fsp3) is 0.360. The van der Waals surface area contributed by atoms with Gasteiger partial charge in [0.1, 0.15) is 5.82 Å². The summed E-state index contributed by atoms with van der Waals surface area (Å²) in [6.07, 6.45) is 8.05. The Morgan fingerprint density at radius 3 is 2.91 bits per heavy atom. The first-order valence-electron chi connectivity index (χ1n) is 11.0. The minimum Gasteiger partial charge on any atom is -0.334 e. The Morgan fingerprint density at radius 1 is 1.19 bits per heavy atom. The summed E-state index contributed by atoms with van der Waals surface area (Å²) in [5, 5.41) is 0. The zero-order chi connectivity index (χ0) is 22.3. The molecule has 166 valence electrons. The summed E-state index contributed by atoms with van der Waals surface area (Å²) in [6, 6.07) is 12.3. The van der Waals surface area contributed by atoms with Gasteiger partial charge < -0.3 is 9.80 Å². The second kappa shape index (κ2) is 10.4. The number of rotatable bonds is 8. The molecule has 4 rings (SSSR count). The van der Waals surface area contributed by atoms with E-state index in [4.69, 9.17) is 4.98 Å². The Morgan fingerprint density at radius 2 is 2.09 bits per heavy atom. The van der Waals surface area contributed by atoms with Gasteiger partial charge in [0.25, 0.3) is 0 Å². The maximum atomic E-state index is 13.5. The van der Waals surface area contributed by atoms with E-state index in [1.54, 1.807) is 24.7 Å².